The summed E-state index contributed by atoms with van der Waals surface area (Å²) in [4.78, 5) is 23.9. The van der Waals surface area contributed by atoms with Gasteiger partial charge in [0.25, 0.3) is 0 Å². The third-order valence-corrected chi connectivity index (χ3v) is 8.54. The molecule has 3 aliphatic rings. The molecule has 2 aliphatic carbocycles. The summed E-state index contributed by atoms with van der Waals surface area (Å²) in [6.45, 7) is 2.27. The number of nitrogens with one attached hydrogen (secondary N) is 1. The molecular formula is C30H33ClFN3O3. The minimum atomic E-state index is -1.43. The van der Waals surface area contributed by atoms with Crippen LogP contribution in [-0.2, 0) is 21.6 Å². The summed E-state index contributed by atoms with van der Waals surface area (Å²) in [5.74, 6) is -0.815. The maximum Gasteiger partial charge on any atom is 0.249 e. The maximum absolute atomic E-state index is 15.7. The Morgan fingerprint density at radius 1 is 1.11 bits per heavy atom. The van der Waals surface area contributed by atoms with E-state index in [9.17, 15) is 9.59 Å². The molecule has 1 heterocycles. The smallest absolute Gasteiger partial charge is 0.249 e. The number of ether oxygens (including phenoxy) is 1. The highest BCUT2D eigenvalue weighted by Crippen LogP contribution is 2.49. The number of fused-ring (bicyclic) bond motifs is 1. The lowest BCUT2D eigenvalue weighted by atomic mass is 9.80. The number of halogens is 2. The van der Waals surface area contributed by atoms with Gasteiger partial charge in [-0.05, 0) is 43.4 Å². The normalized spacial score (nSPS) is 28.6. The lowest BCUT2D eigenvalue weighted by Crippen LogP contribution is -2.47. The Kier molecular flexibility index (Phi) is 7.34. The van der Waals surface area contributed by atoms with E-state index in [1.807, 2.05) is 36.4 Å². The molecule has 200 valence electrons. The molecule has 1 saturated carbocycles. The second-order valence-corrected chi connectivity index (χ2v) is 11.1. The monoisotopic (exact) mass is 537 g/mol. The van der Waals surface area contributed by atoms with Crippen molar-refractivity contribution < 1.29 is 18.7 Å². The van der Waals surface area contributed by atoms with Crippen molar-refractivity contribution in [1.82, 2.24) is 5.32 Å². The molecule has 2 unspecified atom stereocenters. The molecule has 0 bridgehead atoms. The third kappa shape index (κ3) is 4.85. The molecule has 6 nitrogen and oxygen atoms in total. The van der Waals surface area contributed by atoms with Crippen molar-refractivity contribution in [2.24, 2.45) is 23.3 Å². The van der Waals surface area contributed by atoms with Gasteiger partial charge >= 0.3 is 0 Å². The van der Waals surface area contributed by atoms with Crippen molar-refractivity contribution in [3.8, 4) is 5.75 Å². The Balaban J connectivity index is 1.51. The van der Waals surface area contributed by atoms with Crippen molar-refractivity contribution in [2.75, 3.05) is 6.54 Å². The Morgan fingerprint density at radius 3 is 2.47 bits per heavy atom. The van der Waals surface area contributed by atoms with Crippen LogP contribution in [0.2, 0.25) is 5.02 Å². The van der Waals surface area contributed by atoms with E-state index >= 15 is 4.39 Å². The van der Waals surface area contributed by atoms with Gasteiger partial charge in [-0.1, -0.05) is 61.0 Å². The molecule has 2 aromatic carbocycles. The van der Waals surface area contributed by atoms with Gasteiger partial charge in [-0.15, -0.1) is 0 Å². The Hall–Kier alpha value is -3.16. The van der Waals surface area contributed by atoms with Gasteiger partial charge in [-0.3, -0.25) is 9.59 Å². The Morgan fingerprint density at radius 2 is 1.82 bits per heavy atom. The van der Waals surface area contributed by atoms with Crippen LogP contribution in [0, 0.1) is 11.8 Å². The zero-order valence-corrected chi connectivity index (χ0v) is 22.1. The molecule has 0 radical (unpaired) electrons. The number of nitrogens with two attached hydrogens (primary N) is 2. The lowest BCUT2D eigenvalue weighted by molar-refractivity contribution is -0.122. The average molecular weight is 538 g/mol. The van der Waals surface area contributed by atoms with Crippen molar-refractivity contribution in [1.29, 1.82) is 0 Å². The van der Waals surface area contributed by atoms with E-state index in [4.69, 9.17) is 27.8 Å². The molecule has 1 fully saturated rings. The van der Waals surface area contributed by atoms with Crippen LogP contribution in [-0.4, -0.2) is 30.6 Å². The van der Waals surface area contributed by atoms with E-state index in [-0.39, 0.29) is 29.0 Å². The number of allylic oxidation sites excluding steroid dienone is 2. The van der Waals surface area contributed by atoms with Gasteiger partial charge < -0.3 is 21.5 Å². The van der Waals surface area contributed by atoms with Gasteiger partial charge in [0, 0.05) is 58.1 Å². The molecule has 0 spiro atoms. The first-order valence-corrected chi connectivity index (χ1v) is 13.5. The number of rotatable bonds is 7. The van der Waals surface area contributed by atoms with Crippen molar-refractivity contribution in [2.45, 2.75) is 56.8 Å². The van der Waals surface area contributed by atoms with Crippen LogP contribution in [0.1, 0.15) is 49.3 Å². The highest BCUT2D eigenvalue weighted by atomic mass is 35.5. The Labute approximate surface area is 227 Å². The summed E-state index contributed by atoms with van der Waals surface area (Å²) >= 11 is 6.72. The number of carbonyl (C=O) groups excluding carboxylic acids is 2. The molecule has 2 aromatic rings. The molecule has 5 rings (SSSR count). The second kappa shape index (κ2) is 10.5. The number of alkyl halides is 1. The minimum Gasteiger partial charge on any atom is -0.481 e. The molecule has 5 N–H and O–H groups in total. The largest absolute Gasteiger partial charge is 0.481 e. The molecule has 8 heteroatoms. The topological polar surface area (TPSA) is 107 Å². The van der Waals surface area contributed by atoms with E-state index in [1.54, 1.807) is 25.1 Å². The summed E-state index contributed by atoms with van der Waals surface area (Å²) in [5.41, 5.74) is 13.0. The molecule has 0 aromatic heterocycles. The molecular weight excluding hydrogens is 505 g/mol. The van der Waals surface area contributed by atoms with Crippen molar-refractivity contribution >= 4 is 29.0 Å². The molecule has 38 heavy (non-hydrogen) atoms. The zero-order chi connectivity index (χ0) is 27.0. The van der Waals surface area contributed by atoms with Crippen LogP contribution in [0.25, 0.3) is 5.57 Å². The van der Waals surface area contributed by atoms with Gasteiger partial charge in [-0.2, -0.15) is 0 Å². The first kappa shape index (κ1) is 26.4. The van der Waals surface area contributed by atoms with Crippen LogP contribution >= 0.6 is 11.6 Å². The van der Waals surface area contributed by atoms with E-state index < -0.39 is 23.6 Å². The molecule has 0 saturated heterocycles. The summed E-state index contributed by atoms with van der Waals surface area (Å²) in [5, 5.41) is 4.03. The number of amides is 2. The number of hydrogen-bond acceptors (Lipinski definition) is 4. The quantitative estimate of drug-likeness (QED) is 0.480. The van der Waals surface area contributed by atoms with Crippen LogP contribution in [0.15, 0.2) is 60.2 Å². The molecule has 3 atom stereocenters. The number of primary amides is 2. The van der Waals surface area contributed by atoms with Crippen molar-refractivity contribution in [3.63, 3.8) is 0 Å². The SMILES string of the molecule is CC1C=CC(C(N)=O)=C(c2c(Cl)ccc3c2C[C@@](CN[C@H]2CC[C@H](C(N)=O)CC2)(c2ccccc2)O3)C1F. The van der Waals surface area contributed by atoms with Gasteiger partial charge in [0.15, 0.2) is 5.60 Å². The highest BCUT2D eigenvalue weighted by molar-refractivity contribution is 6.33. The number of hydrogen-bond donors (Lipinski definition) is 3. The summed E-state index contributed by atoms with van der Waals surface area (Å²) in [6.07, 6.45) is 5.49. The first-order valence-electron chi connectivity index (χ1n) is 13.2. The van der Waals surface area contributed by atoms with E-state index in [2.05, 4.69) is 5.32 Å². The van der Waals surface area contributed by atoms with E-state index in [0.29, 0.717) is 29.3 Å². The molecule has 1 aliphatic heterocycles. The lowest BCUT2D eigenvalue weighted by Gasteiger charge is -2.34. The fourth-order valence-corrected chi connectivity index (χ4v) is 6.30. The standard InChI is InChI=1S/C30H33ClFN3O3/c1-17-7-12-21(29(34)37)26(27(17)32)25-22-15-30(19-5-3-2-4-6-19,38-24(22)14-13-23(25)31)16-35-20-10-8-18(9-11-20)28(33)36/h2-7,12-14,17-18,20,27,35H,8-11,15-16H2,1H3,(H2,33,36)(H2,34,37)/t17?,18-,20-,27?,30-/m1/s1. The fraction of sp³-hybridized carbons (Fsp3) is 0.400. The van der Waals surface area contributed by atoms with Crippen LogP contribution < -0.4 is 21.5 Å². The van der Waals surface area contributed by atoms with Crippen LogP contribution in [0.4, 0.5) is 4.39 Å². The summed E-state index contributed by atoms with van der Waals surface area (Å²) in [6, 6.07) is 13.7. The van der Waals surface area contributed by atoms with E-state index in [1.165, 1.54) is 0 Å². The predicted molar refractivity (Wildman–Crippen MR) is 146 cm³/mol. The van der Waals surface area contributed by atoms with Crippen LogP contribution in [0.5, 0.6) is 5.75 Å². The number of benzene rings is 2. The van der Waals surface area contributed by atoms with Gasteiger partial charge in [0.2, 0.25) is 11.8 Å². The van der Waals surface area contributed by atoms with Gasteiger partial charge in [0.1, 0.15) is 11.9 Å². The van der Waals surface area contributed by atoms with Gasteiger partial charge in [-0.25, -0.2) is 4.39 Å². The predicted octanol–water partition coefficient (Wildman–Crippen LogP) is 4.59. The highest BCUT2D eigenvalue weighted by Gasteiger charge is 2.44. The fourth-order valence-electron chi connectivity index (χ4n) is 6.02. The maximum atomic E-state index is 15.7. The first-order chi connectivity index (χ1) is 18.2. The molecule has 2 amide bonds. The Bertz CT molecular complexity index is 1300. The summed E-state index contributed by atoms with van der Waals surface area (Å²) in [7, 11) is 0. The van der Waals surface area contributed by atoms with Gasteiger partial charge in [0.05, 0.1) is 0 Å². The van der Waals surface area contributed by atoms with Crippen molar-refractivity contribution in [3.05, 3.63) is 81.9 Å². The minimum absolute atomic E-state index is 0.0684. The van der Waals surface area contributed by atoms with E-state index in [0.717, 1.165) is 36.8 Å². The van der Waals surface area contributed by atoms with Crippen LogP contribution in [0.3, 0.4) is 0 Å². The summed E-state index contributed by atoms with van der Waals surface area (Å²) < 4.78 is 22.4. The second-order valence-electron chi connectivity index (χ2n) is 10.7. The average Bonchev–Trinajstić information content (AvgIpc) is 3.30. The number of carbonyl (C=O) groups is 2. The zero-order valence-electron chi connectivity index (χ0n) is 21.4. The third-order valence-electron chi connectivity index (χ3n) is 8.22.